The summed E-state index contributed by atoms with van der Waals surface area (Å²) in [6, 6.07) is 7.46. The molecule has 0 spiro atoms. The average Bonchev–Trinajstić information content (AvgIpc) is 2.27. The van der Waals surface area contributed by atoms with E-state index < -0.39 is 0 Å². The first-order valence-electron chi connectivity index (χ1n) is 5.28. The molecule has 0 fully saturated rings. The van der Waals surface area contributed by atoms with Crippen LogP contribution < -0.4 is 16.2 Å². The predicted octanol–water partition coefficient (Wildman–Crippen LogP) is 1.69. The van der Waals surface area contributed by atoms with Gasteiger partial charge in [0.1, 0.15) is 0 Å². The lowest BCUT2D eigenvalue weighted by Gasteiger charge is -2.15. The van der Waals surface area contributed by atoms with Crippen molar-refractivity contribution < 1.29 is 0 Å². The molecule has 0 saturated heterocycles. The van der Waals surface area contributed by atoms with Crippen LogP contribution >= 0.6 is 23.8 Å². The zero-order chi connectivity index (χ0) is 12.7. The number of thiocarbonyl (C=S) groups is 1. The van der Waals surface area contributed by atoms with Gasteiger partial charge in [-0.1, -0.05) is 23.7 Å². The molecule has 0 heterocycles. The van der Waals surface area contributed by atoms with Gasteiger partial charge in [-0.15, -0.1) is 0 Å². The maximum absolute atomic E-state index is 5.98. The summed E-state index contributed by atoms with van der Waals surface area (Å²) in [6.45, 7) is 1.72. The van der Waals surface area contributed by atoms with E-state index >= 15 is 0 Å². The Morgan fingerprint density at radius 2 is 2.06 bits per heavy atom. The van der Waals surface area contributed by atoms with Crippen LogP contribution in [-0.4, -0.2) is 37.2 Å². The number of hydrogen-bond acceptors (Lipinski definition) is 3. The third kappa shape index (κ3) is 5.72. The van der Waals surface area contributed by atoms with Gasteiger partial charge in [0, 0.05) is 13.1 Å². The minimum absolute atomic E-state index is 0.548. The van der Waals surface area contributed by atoms with Crippen molar-refractivity contribution in [1.82, 2.24) is 15.6 Å². The molecule has 0 aliphatic carbocycles. The summed E-state index contributed by atoms with van der Waals surface area (Å²) in [5.41, 5.74) is 6.63. The summed E-state index contributed by atoms with van der Waals surface area (Å²) in [4.78, 5) is 2.08. The molecule has 94 valence electrons. The van der Waals surface area contributed by atoms with E-state index in [-0.39, 0.29) is 0 Å². The quantitative estimate of drug-likeness (QED) is 0.562. The van der Waals surface area contributed by atoms with Gasteiger partial charge in [-0.3, -0.25) is 10.9 Å². The number of nitrogens with zero attached hydrogens (tertiary/aromatic N) is 1. The number of hydrazine groups is 1. The number of nitrogens with one attached hydrogen (secondary N) is 3. The standard InChI is InChI=1S/C11H17ClN4S/c1-16(2)8-7-13-11(17)15-14-10-6-4-3-5-9(10)12/h3-6,14H,7-8H2,1-2H3,(H2,13,15,17). The van der Waals surface area contributed by atoms with E-state index in [4.69, 9.17) is 23.8 Å². The largest absolute Gasteiger partial charge is 0.360 e. The van der Waals surface area contributed by atoms with E-state index in [0.717, 1.165) is 18.8 Å². The number of para-hydroxylation sites is 1. The summed E-state index contributed by atoms with van der Waals surface area (Å²) in [5, 5.41) is 4.27. The van der Waals surface area contributed by atoms with Crippen molar-refractivity contribution in [2.24, 2.45) is 0 Å². The molecule has 0 radical (unpaired) electrons. The molecule has 1 rings (SSSR count). The highest BCUT2D eigenvalue weighted by molar-refractivity contribution is 7.80. The molecule has 0 amide bonds. The van der Waals surface area contributed by atoms with E-state index in [0.29, 0.717) is 10.1 Å². The van der Waals surface area contributed by atoms with Gasteiger partial charge in [-0.2, -0.15) is 0 Å². The third-order valence-electron chi connectivity index (χ3n) is 2.03. The molecule has 0 unspecified atom stereocenters. The van der Waals surface area contributed by atoms with E-state index in [2.05, 4.69) is 21.1 Å². The molecule has 6 heteroatoms. The molecule has 0 aliphatic rings. The van der Waals surface area contributed by atoms with Crippen molar-refractivity contribution in [3.05, 3.63) is 29.3 Å². The molecule has 3 N–H and O–H groups in total. The summed E-state index contributed by atoms with van der Waals surface area (Å²) in [6.07, 6.45) is 0. The first kappa shape index (κ1) is 14.0. The summed E-state index contributed by atoms with van der Waals surface area (Å²) < 4.78 is 0. The van der Waals surface area contributed by atoms with Gasteiger partial charge in [-0.25, -0.2) is 0 Å². The van der Waals surface area contributed by atoms with E-state index in [9.17, 15) is 0 Å². The van der Waals surface area contributed by atoms with Gasteiger partial charge in [-0.05, 0) is 38.4 Å². The Morgan fingerprint density at radius 3 is 2.71 bits per heavy atom. The molecule has 0 saturated carbocycles. The summed E-state index contributed by atoms with van der Waals surface area (Å²) >= 11 is 11.1. The monoisotopic (exact) mass is 272 g/mol. The second kappa shape index (κ2) is 7.32. The van der Waals surface area contributed by atoms with Gasteiger partial charge < -0.3 is 10.2 Å². The Labute approximate surface area is 112 Å². The van der Waals surface area contributed by atoms with Crippen molar-refractivity contribution in [3.8, 4) is 0 Å². The van der Waals surface area contributed by atoms with Gasteiger partial charge in [0.2, 0.25) is 0 Å². The summed E-state index contributed by atoms with van der Waals surface area (Å²) in [5.74, 6) is 0. The second-order valence-corrected chi connectivity index (χ2v) is 4.60. The van der Waals surface area contributed by atoms with Gasteiger partial charge in [0.15, 0.2) is 5.11 Å². The minimum Gasteiger partial charge on any atom is -0.360 e. The zero-order valence-corrected chi connectivity index (χ0v) is 11.5. The van der Waals surface area contributed by atoms with Crippen LogP contribution in [0.2, 0.25) is 5.02 Å². The van der Waals surface area contributed by atoms with Crippen LogP contribution in [-0.2, 0) is 0 Å². The van der Waals surface area contributed by atoms with Crippen molar-refractivity contribution >= 4 is 34.6 Å². The van der Waals surface area contributed by atoms with E-state index in [1.165, 1.54) is 0 Å². The van der Waals surface area contributed by atoms with Crippen LogP contribution in [0.4, 0.5) is 5.69 Å². The first-order chi connectivity index (χ1) is 8.09. The maximum Gasteiger partial charge on any atom is 0.185 e. The lowest BCUT2D eigenvalue weighted by atomic mass is 10.3. The van der Waals surface area contributed by atoms with Crippen LogP contribution in [0.1, 0.15) is 0 Å². The molecule has 0 aliphatic heterocycles. The Balaban J connectivity index is 2.26. The topological polar surface area (TPSA) is 39.3 Å². The Morgan fingerprint density at radius 1 is 1.35 bits per heavy atom. The summed E-state index contributed by atoms with van der Waals surface area (Å²) in [7, 11) is 4.03. The predicted molar refractivity (Wildman–Crippen MR) is 77.4 cm³/mol. The molecule has 17 heavy (non-hydrogen) atoms. The van der Waals surface area contributed by atoms with Crippen molar-refractivity contribution in [2.75, 3.05) is 32.6 Å². The molecular weight excluding hydrogens is 256 g/mol. The van der Waals surface area contributed by atoms with Crippen LogP contribution in [0.3, 0.4) is 0 Å². The third-order valence-corrected chi connectivity index (χ3v) is 2.61. The normalized spacial score (nSPS) is 10.1. The smallest absolute Gasteiger partial charge is 0.185 e. The Bertz CT molecular complexity index is 370. The highest BCUT2D eigenvalue weighted by Crippen LogP contribution is 2.19. The molecule has 0 atom stereocenters. The molecule has 0 bridgehead atoms. The highest BCUT2D eigenvalue weighted by atomic mass is 35.5. The Hall–Kier alpha value is -1.04. The molecular formula is C11H17ClN4S. The molecule has 1 aromatic rings. The van der Waals surface area contributed by atoms with Crippen LogP contribution in [0.15, 0.2) is 24.3 Å². The van der Waals surface area contributed by atoms with Crippen LogP contribution in [0, 0.1) is 0 Å². The lowest BCUT2D eigenvalue weighted by molar-refractivity contribution is 0.412. The maximum atomic E-state index is 5.98. The Kier molecular flexibility index (Phi) is 6.04. The lowest BCUT2D eigenvalue weighted by Crippen LogP contribution is -2.41. The number of likely N-dealkylation sites (N-methyl/N-ethyl adjacent to an activating group) is 1. The van der Waals surface area contributed by atoms with E-state index in [1.807, 2.05) is 38.4 Å². The number of benzene rings is 1. The molecule has 0 aromatic heterocycles. The minimum atomic E-state index is 0.548. The molecule has 4 nitrogen and oxygen atoms in total. The fourth-order valence-corrected chi connectivity index (χ4v) is 1.46. The van der Waals surface area contributed by atoms with Crippen molar-refractivity contribution in [1.29, 1.82) is 0 Å². The number of rotatable bonds is 5. The van der Waals surface area contributed by atoms with Gasteiger partial charge in [0.25, 0.3) is 0 Å². The second-order valence-electron chi connectivity index (χ2n) is 3.79. The number of halogens is 1. The molecule has 1 aromatic carbocycles. The van der Waals surface area contributed by atoms with Crippen LogP contribution in [0.5, 0.6) is 0 Å². The van der Waals surface area contributed by atoms with Crippen LogP contribution in [0.25, 0.3) is 0 Å². The van der Waals surface area contributed by atoms with Crippen molar-refractivity contribution in [3.63, 3.8) is 0 Å². The van der Waals surface area contributed by atoms with E-state index in [1.54, 1.807) is 0 Å². The first-order valence-corrected chi connectivity index (χ1v) is 6.07. The van der Waals surface area contributed by atoms with Gasteiger partial charge in [0.05, 0.1) is 10.7 Å². The highest BCUT2D eigenvalue weighted by Gasteiger charge is 1.98. The SMILES string of the molecule is CN(C)CCNC(=S)NNc1ccccc1Cl. The van der Waals surface area contributed by atoms with Crippen molar-refractivity contribution in [2.45, 2.75) is 0 Å². The fraction of sp³-hybridized carbons (Fsp3) is 0.364. The zero-order valence-electron chi connectivity index (χ0n) is 9.96. The number of anilines is 1. The number of hydrogen-bond donors (Lipinski definition) is 3. The van der Waals surface area contributed by atoms with Gasteiger partial charge >= 0.3 is 0 Å². The average molecular weight is 273 g/mol. The fourth-order valence-electron chi connectivity index (χ4n) is 1.12.